The first kappa shape index (κ1) is 25.0. The fraction of sp³-hybridized carbons (Fsp3) is 0.0645. The molecule has 4 aromatic carbocycles. The molecule has 0 saturated carbocycles. The van der Waals surface area contributed by atoms with Crippen LogP contribution >= 0.6 is 11.6 Å². The van der Waals surface area contributed by atoms with E-state index >= 15 is 0 Å². The fourth-order valence-corrected chi connectivity index (χ4v) is 4.24. The van der Waals surface area contributed by atoms with Gasteiger partial charge in [0.1, 0.15) is 11.3 Å². The average molecular weight is 522 g/mol. The normalized spacial score (nSPS) is 10.8. The lowest BCUT2D eigenvalue weighted by molar-refractivity contribution is -0.124. The minimum atomic E-state index is -0.650. The van der Waals surface area contributed by atoms with Crippen LogP contribution in [0.2, 0.25) is 5.02 Å². The van der Waals surface area contributed by atoms with Gasteiger partial charge in [-0.1, -0.05) is 103 Å². The molecule has 0 radical (unpaired) electrons. The number of para-hydroxylation sites is 1. The third kappa shape index (κ3) is 5.82. The van der Waals surface area contributed by atoms with Gasteiger partial charge in [0.25, 0.3) is 5.91 Å². The first-order valence-corrected chi connectivity index (χ1v) is 12.4. The number of amides is 1. The molecule has 0 aliphatic rings. The molecule has 0 atom stereocenters. The fourth-order valence-electron chi connectivity index (χ4n) is 4.12. The molecule has 0 saturated heterocycles. The largest absolute Gasteiger partial charge is 0.452 e. The van der Waals surface area contributed by atoms with Crippen LogP contribution in [0.15, 0.2) is 121 Å². The van der Waals surface area contributed by atoms with Gasteiger partial charge >= 0.3 is 5.97 Å². The van der Waals surface area contributed by atoms with Crippen molar-refractivity contribution in [1.29, 1.82) is 0 Å². The third-order valence-electron chi connectivity index (χ3n) is 5.98. The number of aromatic nitrogens is 2. The van der Waals surface area contributed by atoms with Gasteiger partial charge in [0, 0.05) is 16.8 Å². The molecule has 5 aromatic rings. The molecular formula is C31H24ClN3O3. The number of nitrogens with zero attached hydrogens (tertiary/aromatic N) is 2. The van der Waals surface area contributed by atoms with E-state index in [1.54, 1.807) is 35.1 Å². The molecule has 1 heterocycles. The summed E-state index contributed by atoms with van der Waals surface area (Å²) in [6.07, 6.45) is 1.61. The molecule has 1 amide bonds. The van der Waals surface area contributed by atoms with Crippen LogP contribution in [0.5, 0.6) is 0 Å². The van der Waals surface area contributed by atoms with Crippen molar-refractivity contribution in [3.05, 3.63) is 143 Å². The summed E-state index contributed by atoms with van der Waals surface area (Å²) >= 11 is 6.06. The van der Waals surface area contributed by atoms with E-state index in [2.05, 4.69) is 10.4 Å². The number of esters is 1. The molecule has 0 aliphatic carbocycles. The molecule has 0 unspecified atom stereocenters. The topological polar surface area (TPSA) is 73.2 Å². The van der Waals surface area contributed by atoms with Crippen molar-refractivity contribution in [3.8, 4) is 16.9 Å². The zero-order chi connectivity index (χ0) is 26.3. The van der Waals surface area contributed by atoms with Gasteiger partial charge in [-0.3, -0.25) is 4.79 Å². The summed E-state index contributed by atoms with van der Waals surface area (Å²) in [4.78, 5) is 26.1. The van der Waals surface area contributed by atoms with Gasteiger partial charge in [0.05, 0.1) is 11.7 Å². The highest BCUT2D eigenvalue weighted by Gasteiger charge is 2.22. The minimum absolute atomic E-state index is 0.242. The van der Waals surface area contributed by atoms with E-state index in [1.165, 1.54) is 0 Å². The minimum Gasteiger partial charge on any atom is -0.452 e. The molecule has 38 heavy (non-hydrogen) atoms. The van der Waals surface area contributed by atoms with Crippen molar-refractivity contribution in [1.82, 2.24) is 15.1 Å². The standard InChI is InChI=1S/C31H24ClN3O3/c32-25-18-16-24(17-19-25)30-27(20-35(34-30)26-14-8-3-9-15-26)31(37)38-21-28(36)33-29(22-10-4-1-5-11-22)23-12-6-2-7-13-23/h1-20,29H,21H2,(H,33,36). The van der Waals surface area contributed by atoms with Crippen LogP contribution in [0, 0.1) is 0 Å². The molecule has 1 aromatic heterocycles. The third-order valence-corrected chi connectivity index (χ3v) is 6.23. The van der Waals surface area contributed by atoms with E-state index in [-0.39, 0.29) is 11.6 Å². The van der Waals surface area contributed by atoms with Crippen LogP contribution in [0.4, 0.5) is 0 Å². The summed E-state index contributed by atoms with van der Waals surface area (Å²) in [7, 11) is 0. The quantitative estimate of drug-likeness (QED) is 0.245. The van der Waals surface area contributed by atoms with Crippen LogP contribution in [-0.4, -0.2) is 28.3 Å². The molecule has 0 spiro atoms. The van der Waals surface area contributed by atoms with Crippen LogP contribution in [0.25, 0.3) is 16.9 Å². The van der Waals surface area contributed by atoms with Crippen LogP contribution in [0.3, 0.4) is 0 Å². The van der Waals surface area contributed by atoms with Crippen molar-refractivity contribution >= 4 is 23.5 Å². The van der Waals surface area contributed by atoms with Crippen LogP contribution < -0.4 is 5.32 Å². The molecule has 6 nitrogen and oxygen atoms in total. The Morgan fingerprint density at radius 1 is 0.789 bits per heavy atom. The maximum absolute atomic E-state index is 13.2. The number of halogens is 1. The molecule has 0 fully saturated rings. The van der Waals surface area contributed by atoms with Crippen LogP contribution in [-0.2, 0) is 9.53 Å². The SMILES string of the molecule is O=C(COC(=O)c1cn(-c2ccccc2)nc1-c1ccc(Cl)cc1)NC(c1ccccc1)c1ccccc1. The molecule has 1 N–H and O–H groups in total. The lowest BCUT2D eigenvalue weighted by Gasteiger charge is -2.20. The molecular weight excluding hydrogens is 498 g/mol. The number of benzene rings is 4. The van der Waals surface area contributed by atoms with E-state index < -0.39 is 18.5 Å². The predicted molar refractivity (Wildman–Crippen MR) is 147 cm³/mol. The van der Waals surface area contributed by atoms with Gasteiger partial charge in [-0.15, -0.1) is 0 Å². The number of hydrogen-bond acceptors (Lipinski definition) is 4. The number of carbonyl (C=O) groups is 2. The summed E-state index contributed by atoms with van der Waals surface area (Å²) in [5.74, 6) is -1.07. The van der Waals surface area contributed by atoms with Gasteiger partial charge in [-0.2, -0.15) is 5.10 Å². The Hall–Kier alpha value is -4.68. The highest BCUT2D eigenvalue weighted by molar-refractivity contribution is 6.30. The Labute approximate surface area is 225 Å². The number of rotatable bonds is 8. The van der Waals surface area contributed by atoms with Gasteiger partial charge in [0.15, 0.2) is 6.61 Å². The maximum atomic E-state index is 13.2. The van der Waals surface area contributed by atoms with E-state index in [1.807, 2.05) is 91.0 Å². The first-order valence-electron chi connectivity index (χ1n) is 12.1. The smallest absolute Gasteiger partial charge is 0.342 e. The summed E-state index contributed by atoms with van der Waals surface area (Å²) in [6, 6.07) is 35.4. The number of ether oxygens (including phenoxy) is 1. The Morgan fingerprint density at radius 3 is 1.92 bits per heavy atom. The van der Waals surface area contributed by atoms with Gasteiger partial charge in [-0.05, 0) is 35.4 Å². The second-order valence-corrected chi connectivity index (χ2v) is 9.01. The van der Waals surface area contributed by atoms with E-state index in [9.17, 15) is 9.59 Å². The number of hydrogen-bond donors (Lipinski definition) is 1. The maximum Gasteiger partial charge on any atom is 0.342 e. The zero-order valence-electron chi connectivity index (χ0n) is 20.3. The highest BCUT2D eigenvalue weighted by Crippen LogP contribution is 2.26. The van der Waals surface area contributed by atoms with Crippen molar-refractivity contribution in [2.45, 2.75) is 6.04 Å². The lowest BCUT2D eigenvalue weighted by atomic mass is 9.99. The second kappa shape index (κ2) is 11.6. The van der Waals surface area contributed by atoms with Crippen molar-refractivity contribution < 1.29 is 14.3 Å². The zero-order valence-corrected chi connectivity index (χ0v) is 21.1. The molecule has 5 rings (SSSR count). The molecule has 188 valence electrons. The van der Waals surface area contributed by atoms with Gasteiger partial charge in [-0.25, -0.2) is 9.48 Å². The Kier molecular flexibility index (Phi) is 7.62. The summed E-state index contributed by atoms with van der Waals surface area (Å²) in [6.45, 7) is -0.439. The summed E-state index contributed by atoms with van der Waals surface area (Å²) in [5.41, 5.74) is 4.01. The molecule has 0 bridgehead atoms. The van der Waals surface area contributed by atoms with E-state index in [4.69, 9.17) is 16.3 Å². The average Bonchev–Trinajstić information content (AvgIpc) is 3.42. The highest BCUT2D eigenvalue weighted by atomic mass is 35.5. The molecule has 7 heteroatoms. The monoisotopic (exact) mass is 521 g/mol. The van der Waals surface area contributed by atoms with Crippen molar-refractivity contribution in [2.24, 2.45) is 0 Å². The molecule has 0 aliphatic heterocycles. The first-order chi connectivity index (χ1) is 18.6. The summed E-state index contributed by atoms with van der Waals surface area (Å²) < 4.78 is 7.08. The Morgan fingerprint density at radius 2 is 1.34 bits per heavy atom. The van der Waals surface area contributed by atoms with E-state index in [0.717, 1.165) is 16.8 Å². The Balaban J connectivity index is 1.35. The van der Waals surface area contributed by atoms with E-state index in [0.29, 0.717) is 16.3 Å². The number of carbonyl (C=O) groups excluding carboxylic acids is 2. The number of nitrogens with one attached hydrogen (secondary N) is 1. The Bertz CT molecular complexity index is 1480. The van der Waals surface area contributed by atoms with Crippen molar-refractivity contribution in [3.63, 3.8) is 0 Å². The second-order valence-electron chi connectivity index (χ2n) is 8.58. The lowest BCUT2D eigenvalue weighted by Crippen LogP contribution is -2.33. The summed E-state index contributed by atoms with van der Waals surface area (Å²) in [5, 5.41) is 8.19. The van der Waals surface area contributed by atoms with Crippen LogP contribution in [0.1, 0.15) is 27.5 Å². The van der Waals surface area contributed by atoms with Gasteiger partial charge < -0.3 is 10.1 Å². The van der Waals surface area contributed by atoms with Crippen molar-refractivity contribution in [2.75, 3.05) is 6.61 Å². The predicted octanol–water partition coefficient (Wildman–Crippen LogP) is 6.26. The van der Waals surface area contributed by atoms with Gasteiger partial charge in [0.2, 0.25) is 0 Å².